The topological polar surface area (TPSA) is 67.6 Å². The van der Waals surface area contributed by atoms with E-state index in [1.807, 2.05) is 18.2 Å². The van der Waals surface area contributed by atoms with Gasteiger partial charge in [0.15, 0.2) is 5.95 Å². The Hall–Kier alpha value is -2.10. The summed E-state index contributed by atoms with van der Waals surface area (Å²) in [6, 6.07) is 5.96. The van der Waals surface area contributed by atoms with Gasteiger partial charge in [0, 0.05) is 17.8 Å². The van der Waals surface area contributed by atoms with Gasteiger partial charge in [-0.25, -0.2) is 4.98 Å². The fourth-order valence-electron chi connectivity index (χ4n) is 1.65. The normalized spacial score (nSPS) is 11.1. The first kappa shape index (κ1) is 7.32. The first-order valence-electron chi connectivity index (χ1n) is 4.32. The van der Waals surface area contributed by atoms with Crippen LogP contribution in [0.4, 0.5) is 5.95 Å². The molecule has 0 saturated carbocycles. The molecule has 2 aromatic heterocycles. The number of rotatable bonds is 0. The molecule has 0 atom stereocenters. The lowest BCUT2D eigenvalue weighted by Crippen LogP contribution is -1.84. The fraction of sp³-hybridized carbons (Fsp3) is 0. The smallest absolute Gasteiger partial charge is 0.198 e. The van der Waals surface area contributed by atoms with Crippen molar-refractivity contribution in [2.24, 2.45) is 0 Å². The van der Waals surface area contributed by atoms with Crippen LogP contribution in [-0.2, 0) is 0 Å². The Labute approximate surface area is 79.8 Å². The summed E-state index contributed by atoms with van der Waals surface area (Å²) in [5, 5.41) is 2.15. The van der Waals surface area contributed by atoms with Gasteiger partial charge in [-0.3, -0.25) is 4.98 Å². The van der Waals surface area contributed by atoms with Crippen molar-refractivity contribution >= 4 is 27.8 Å². The number of nitrogens with two attached hydrogens (primary N) is 1. The standard InChI is InChI=1S/C10H8N4/c11-10-13-8-2-1-6-3-4-12-5-7(6)9(8)14-10/h1-5H,(H3,11,13,14). The molecule has 3 N–H and O–H groups in total. The molecule has 3 rings (SSSR count). The number of anilines is 1. The second kappa shape index (κ2) is 2.45. The van der Waals surface area contributed by atoms with Crippen LogP contribution in [0.25, 0.3) is 21.8 Å². The van der Waals surface area contributed by atoms with Gasteiger partial charge < -0.3 is 10.7 Å². The Balaban J connectivity index is 2.60. The molecule has 0 aliphatic heterocycles. The van der Waals surface area contributed by atoms with Crippen molar-refractivity contribution in [3.63, 3.8) is 0 Å². The lowest BCUT2D eigenvalue weighted by Gasteiger charge is -1.95. The fourth-order valence-corrected chi connectivity index (χ4v) is 1.65. The number of aromatic amines is 1. The van der Waals surface area contributed by atoms with Crippen LogP contribution in [0.1, 0.15) is 0 Å². The summed E-state index contributed by atoms with van der Waals surface area (Å²) in [5.74, 6) is 0.441. The monoisotopic (exact) mass is 184 g/mol. The second-order valence-electron chi connectivity index (χ2n) is 3.18. The third-order valence-electron chi connectivity index (χ3n) is 2.29. The van der Waals surface area contributed by atoms with Crippen molar-refractivity contribution in [1.29, 1.82) is 0 Å². The zero-order valence-electron chi connectivity index (χ0n) is 7.36. The van der Waals surface area contributed by atoms with Crippen LogP contribution in [0.5, 0.6) is 0 Å². The van der Waals surface area contributed by atoms with Crippen LogP contribution in [0.3, 0.4) is 0 Å². The number of nitrogens with one attached hydrogen (secondary N) is 1. The Bertz CT molecular complexity index is 612. The van der Waals surface area contributed by atoms with Gasteiger partial charge in [-0.05, 0) is 17.5 Å². The maximum atomic E-state index is 5.59. The molecular formula is C10H8N4. The van der Waals surface area contributed by atoms with E-state index in [0.717, 1.165) is 21.8 Å². The predicted molar refractivity (Wildman–Crippen MR) is 55.8 cm³/mol. The van der Waals surface area contributed by atoms with Gasteiger partial charge in [0.05, 0.1) is 11.0 Å². The van der Waals surface area contributed by atoms with Crippen molar-refractivity contribution in [2.45, 2.75) is 0 Å². The molecule has 68 valence electrons. The Morgan fingerprint density at radius 3 is 3.07 bits per heavy atom. The highest BCUT2D eigenvalue weighted by molar-refractivity contribution is 6.04. The molecule has 1 aromatic carbocycles. The summed E-state index contributed by atoms with van der Waals surface area (Å²) in [5.41, 5.74) is 7.42. The Morgan fingerprint density at radius 2 is 2.14 bits per heavy atom. The van der Waals surface area contributed by atoms with Crippen LogP contribution in [0.15, 0.2) is 30.6 Å². The van der Waals surface area contributed by atoms with Crippen LogP contribution in [0, 0.1) is 0 Å². The maximum Gasteiger partial charge on any atom is 0.198 e. The SMILES string of the molecule is Nc1nc2c(ccc3ccncc32)[nH]1. The first-order chi connectivity index (χ1) is 6.84. The molecule has 0 fully saturated rings. The summed E-state index contributed by atoms with van der Waals surface area (Å²) in [7, 11) is 0. The zero-order valence-corrected chi connectivity index (χ0v) is 7.36. The molecule has 4 heteroatoms. The van der Waals surface area contributed by atoms with E-state index in [1.54, 1.807) is 12.4 Å². The van der Waals surface area contributed by atoms with E-state index < -0.39 is 0 Å². The minimum Gasteiger partial charge on any atom is -0.369 e. The Morgan fingerprint density at radius 1 is 1.21 bits per heavy atom. The van der Waals surface area contributed by atoms with Gasteiger partial charge in [-0.2, -0.15) is 0 Å². The van der Waals surface area contributed by atoms with Crippen LogP contribution < -0.4 is 5.73 Å². The summed E-state index contributed by atoms with van der Waals surface area (Å²) in [6.45, 7) is 0. The predicted octanol–water partition coefficient (Wildman–Crippen LogP) is 1.69. The first-order valence-corrected chi connectivity index (χ1v) is 4.32. The van der Waals surface area contributed by atoms with Gasteiger partial charge in [0.25, 0.3) is 0 Å². The summed E-state index contributed by atoms with van der Waals surface area (Å²) in [4.78, 5) is 11.3. The number of benzene rings is 1. The van der Waals surface area contributed by atoms with E-state index in [-0.39, 0.29) is 0 Å². The molecule has 0 bridgehead atoms. The molecule has 0 radical (unpaired) electrons. The summed E-state index contributed by atoms with van der Waals surface area (Å²) < 4.78 is 0. The van der Waals surface area contributed by atoms with Crippen molar-refractivity contribution in [1.82, 2.24) is 15.0 Å². The molecule has 2 heterocycles. The summed E-state index contributed by atoms with van der Waals surface area (Å²) >= 11 is 0. The number of nitrogens with zero attached hydrogens (tertiary/aromatic N) is 2. The quantitative estimate of drug-likeness (QED) is 0.558. The number of imidazole rings is 1. The molecule has 0 amide bonds. The number of hydrogen-bond donors (Lipinski definition) is 2. The number of pyridine rings is 1. The number of fused-ring (bicyclic) bond motifs is 3. The zero-order chi connectivity index (χ0) is 9.54. The van der Waals surface area contributed by atoms with Crippen molar-refractivity contribution in [3.05, 3.63) is 30.6 Å². The summed E-state index contributed by atoms with van der Waals surface area (Å²) in [6.07, 6.45) is 3.57. The Kier molecular flexibility index (Phi) is 1.28. The minimum atomic E-state index is 0.441. The van der Waals surface area contributed by atoms with Gasteiger partial charge >= 0.3 is 0 Å². The average molecular weight is 184 g/mol. The van der Waals surface area contributed by atoms with Crippen LogP contribution >= 0.6 is 0 Å². The number of hydrogen-bond acceptors (Lipinski definition) is 3. The highest BCUT2D eigenvalue weighted by atomic mass is 15.0. The van der Waals surface area contributed by atoms with E-state index in [0.29, 0.717) is 5.95 Å². The lowest BCUT2D eigenvalue weighted by atomic mass is 10.1. The van der Waals surface area contributed by atoms with E-state index in [4.69, 9.17) is 5.73 Å². The van der Waals surface area contributed by atoms with Gasteiger partial charge in [-0.1, -0.05) is 6.07 Å². The van der Waals surface area contributed by atoms with E-state index >= 15 is 0 Å². The highest BCUT2D eigenvalue weighted by Crippen LogP contribution is 2.22. The molecular weight excluding hydrogens is 176 g/mol. The lowest BCUT2D eigenvalue weighted by molar-refractivity contribution is 1.35. The molecule has 3 aromatic rings. The molecule has 4 nitrogen and oxygen atoms in total. The van der Waals surface area contributed by atoms with Crippen molar-refractivity contribution in [2.75, 3.05) is 5.73 Å². The second-order valence-corrected chi connectivity index (χ2v) is 3.18. The molecule has 0 unspecified atom stereocenters. The maximum absolute atomic E-state index is 5.59. The van der Waals surface area contributed by atoms with Crippen LogP contribution in [-0.4, -0.2) is 15.0 Å². The average Bonchev–Trinajstić information content (AvgIpc) is 2.59. The molecule has 0 aliphatic carbocycles. The van der Waals surface area contributed by atoms with Gasteiger partial charge in [0.2, 0.25) is 0 Å². The molecule has 0 saturated heterocycles. The minimum absolute atomic E-state index is 0.441. The number of H-pyrrole nitrogens is 1. The highest BCUT2D eigenvalue weighted by Gasteiger charge is 2.03. The van der Waals surface area contributed by atoms with Gasteiger partial charge in [0.1, 0.15) is 0 Å². The van der Waals surface area contributed by atoms with Gasteiger partial charge in [-0.15, -0.1) is 0 Å². The molecule has 0 aliphatic rings. The number of nitrogen functional groups attached to an aromatic ring is 1. The van der Waals surface area contributed by atoms with Crippen molar-refractivity contribution < 1.29 is 0 Å². The van der Waals surface area contributed by atoms with E-state index in [2.05, 4.69) is 15.0 Å². The third-order valence-corrected chi connectivity index (χ3v) is 2.29. The number of aromatic nitrogens is 3. The van der Waals surface area contributed by atoms with E-state index in [1.165, 1.54) is 0 Å². The largest absolute Gasteiger partial charge is 0.369 e. The van der Waals surface area contributed by atoms with Crippen molar-refractivity contribution in [3.8, 4) is 0 Å². The van der Waals surface area contributed by atoms with Crippen LogP contribution in [0.2, 0.25) is 0 Å². The molecule has 14 heavy (non-hydrogen) atoms. The van der Waals surface area contributed by atoms with E-state index in [9.17, 15) is 0 Å². The molecule has 0 spiro atoms. The third kappa shape index (κ3) is 0.877.